The van der Waals surface area contributed by atoms with E-state index in [2.05, 4.69) is 15.4 Å². The van der Waals surface area contributed by atoms with Crippen molar-refractivity contribution in [2.45, 2.75) is 13.3 Å². The predicted molar refractivity (Wildman–Crippen MR) is 77.7 cm³/mol. The van der Waals surface area contributed by atoms with Gasteiger partial charge in [-0.15, -0.1) is 0 Å². The smallest absolute Gasteiger partial charge is 0.329 e. The summed E-state index contributed by atoms with van der Waals surface area (Å²) in [6.45, 7) is 2.34. The monoisotopic (exact) mass is 297 g/mol. The normalized spacial score (nSPS) is 10.1. The number of nitrogens with one attached hydrogen (secondary N) is 1. The van der Waals surface area contributed by atoms with Crippen LogP contribution < -0.4 is 16.2 Å². The molecule has 0 aliphatic heterocycles. The summed E-state index contributed by atoms with van der Waals surface area (Å²) in [5.74, 6) is 5.17. The summed E-state index contributed by atoms with van der Waals surface area (Å²) in [7, 11) is 3.24. The summed E-state index contributed by atoms with van der Waals surface area (Å²) in [5, 5.41) is 11.1. The van der Waals surface area contributed by atoms with Crippen LogP contribution in [0.5, 0.6) is 0 Å². The molecule has 0 fully saturated rings. The Bertz CT molecular complexity index is 521. The quantitative estimate of drug-likeness (QED) is 0.407. The van der Waals surface area contributed by atoms with Gasteiger partial charge in [-0.2, -0.15) is 4.98 Å². The molecule has 0 saturated heterocycles. The Kier molecular flexibility index (Phi) is 5.79. The number of aromatic nitrogens is 2. The molecule has 0 aliphatic carbocycles. The Labute approximate surface area is 122 Å². The number of hydrogen-bond donors (Lipinski definition) is 2. The lowest BCUT2D eigenvalue weighted by atomic mass is 10.3. The van der Waals surface area contributed by atoms with Crippen LogP contribution in [-0.4, -0.2) is 52.9 Å². The molecule has 0 unspecified atom stereocenters. The third-order valence-electron chi connectivity index (χ3n) is 2.69. The van der Waals surface area contributed by atoms with Gasteiger partial charge in [0.25, 0.3) is 0 Å². The van der Waals surface area contributed by atoms with Crippen molar-refractivity contribution in [2.75, 3.05) is 37.5 Å². The molecule has 1 rings (SSSR count). The second-order valence-electron chi connectivity index (χ2n) is 4.51. The van der Waals surface area contributed by atoms with Crippen LogP contribution in [0, 0.1) is 10.1 Å². The second-order valence-corrected chi connectivity index (χ2v) is 4.51. The van der Waals surface area contributed by atoms with Gasteiger partial charge in [0.2, 0.25) is 17.7 Å². The van der Waals surface area contributed by atoms with Gasteiger partial charge in [0.1, 0.15) is 6.20 Å². The highest BCUT2D eigenvalue weighted by atomic mass is 16.6. The van der Waals surface area contributed by atoms with Gasteiger partial charge < -0.3 is 9.80 Å². The minimum atomic E-state index is -0.585. The molecule has 10 nitrogen and oxygen atoms in total. The van der Waals surface area contributed by atoms with E-state index in [1.807, 2.05) is 6.92 Å². The maximum Gasteiger partial charge on any atom is 0.329 e. The van der Waals surface area contributed by atoms with Crippen molar-refractivity contribution >= 4 is 23.4 Å². The summed E-state index contributed by atoms with van der Waals surface area (Å²) >= 11 is 0. The zero-order valence-corrected chi connectivity index (χ0v) is 12.2. The Morgan fingerprint density at radius 2 is 2.19 bits per heavy atom. The molecular formula is C11H19N7O3. The number of nitrogen functional groups attached to an aromatic ring is 1. The number of amides is 1. The van der Waals surface area contributed by atoms with Gasteiger partial charge >= 0.3 is 5.69 Å². The summed E-state index contributed by atoms with van der Waals surface area (Å²) < 4.78 is 0. The molecule has 116 valence electrons. The fraction of sp³-hybridized carbons (Fsp3) is 0.545. The van der Waals surface area contributed by atoms with Crippen molar-refractivity contribution in [1.82, 2.24) is 14.9 Å². The predicted octanol–water partition coefficient (Wildman–Crippen LogP) is -0.0250. The third kappa shape index (κ3) is 4.24. The van der Waals surface area contributed by atoms with E-state index < -0.39 is 4.92 Å². The van der Waals surface area contributed by atoms with Crippen molar-refractivity contribution in [3.63, 3.8) is 0 Å². The molecule has 3 N–H and O–H groups in total. The number of anilines is 2. The fourth-order valence-electron chi connectivity index (χ4n) is 1.63. The molecule has 1 amide bonds. The highest BCUT2D eigenvalue weighted by Crippen LogP contribution is 2.26. The first-order valence-electron chi connectivity index (χ1n) is 6.33. The van der Waals surface area contributed by atoms with E-state index >= 15 is 0 Å². The molecule has 0 aliphatic rings. The SMILES string of the molecule is CCCN(CC(=O)N(C)C)c1nc(NN)ncc1[N+](=O)[O-]. The van der Waals surface area contributed by atoms with E-state index in [4.69, 9.17) is 5.84 Å². The van der Waals surface area contributed by atoms with Gasteiger partial charge in [0.15, 0.2) is 0 Å². The number of nitro groups is 1. The first-order valence-corrected chi connectivity index (χ1v) is 6.33. The van der Waals surface area contributed by atoms with Crippen LogP contribution in [0.2, 0.25) is 0 Å². The van der Waals surface area contributed by atoms with E-state index in [0.29, 0.717) is 13.0 Å². The first kappa shape index (κ1) is 16.6. The van der Waals surface area contributed by atoms with Crippen molar-refractivity contribution in [2.24, 2.45) is 5.84 Å². The lowest BCUT2D eigenvalue weighted by Crippen LogP contribution is -2.38. The van der Waals surface area contributed by atoms with Gasteiger partial charge in [0.05, 0.1) is 11.5 Å². The first-order chi connectivity index (χ1) is 9.90. The maximum atomic E-state index is 11.9. The number of likely N-dealkylation sites (N-methyl/N-ethyl adjacent to an activating group) is 1. The van der Waals surface area contributed by atoms with Crippen LogP contribution in [0.3, 0.4) is 0 Å². The van der Waals surface area contributed by atoms with E-state index in [1.54, 1.807) is 19.0 Å². The number of nitrogens with zero attached hydrogens (tertiary/aromatic N) is 5. The van der Waals surface area contributed by atoms with Crippen LogP contribution >= 0.6 is 0 Å². The largest absolute Gasteiger partial charge is 0.347 e. The van der Waals surface area contributed by atoms with E-state index in [9.17, 15) is 14.9 Å². The van der Waals surface area contributed by atoms with E-state index in [0.717, 1.165) is 6.20 Å². The molecule has 1 aromatic rings. The zero-order valence-electron chi connectivity index (χ0n) is 12.2. The Hall–Kier alpha value is -2.49. The summed E-state index contributed by atoms with van der Waals surface area (Å²) in [6.07, 6.45) is 1.77. The van der Waals surface area contributed by atoms with Gasteiger partial charge in [-0.05, 0) is 6.42 Å². The van der Waals surface area contributed by atoms with Crippen LogP contribution in [0.4, 0.5) is 17.5 Å². The standard InChI is InChI=1S/C11H19N7O3/c1-4-5-17(7-9(19)16(2)3)10-8(18(20)21)6-13-11(14-10)15-12/h6H,4-5,7,12H2,1-3H3,(H,13,14,15). The van der Waals surface area contributed by atoms with Crippen molar-refractivity contribution < 1.29 is 9.72 Å². The lowest BCUT2D eigenvalue weighted by Gasteiger charge is -2.24. The number of hydrazine groups is 1. The number of hydrogen-bond acceptors (Lipinski definition) is 8. The minimum absolute atomic E-state index is 0.0112. The van der Waals surface area contributed by atoms with E-state index in [-0.39, 0.29) is 29.9 Å². The Morgan fingerprint density at radius 1 is 1.52 bits per heavy atom. The number of rotatable bonds is 7. The maximum absolute atomic E-state index is 11.9. The Morgan fingerprint density at radius 3 is 2.67 bits per heavy atom. The van der Waals surface area contributed by atoms with E-state index in [1.165, 1.54) is 4.90 Å². The molecule has 0 spiro atoms. The highest BCUT2D eigenvalue weighted by Gasteiger charge is 2.24. The summed E-state index contributed by atoms with van der Waals surface area (Å²) in [5.41, 5.74) is 1.97. The van der Waals surface area contributed by atoms with Gasteiger partial charge in [-0.3, -0.25) is 20.3 Å². The summed E-state index contributed by atoms with van der Waals surface area (Å²) in [4.78, 5) is 33.1. The minimum Gasteiger partial charge on any atom is -0.347 e. The van der Waals surface area contributed by atoms with Crippen LogP contribution in [-0.2, 0) is 4.79 Å². The number of nitrogens with two attached hydrogens (primary N) is 1. The zero-order chi connectivity index (χ0) is 16.0. The Balaban J connectivity index is 3.21. The molecule has 21 heavy (non-hydrogen) atoms. The van der Waals surface area contributed by atoms with Crippen molar-refractivity contribution in [1.29, 1.82) is 0 Å². The molecule has 1 aromatic heterocycles. The molecule has 0 bridgehead atoms. The molecule has 0 aromatic carbocycles. The van der Waals surface area contributed by atoms with Gasteiger partial charge in [0, 0.05) is 20.6 Å². The molecule has 0 radical (unpaired) electrons. The van der Waals surface area contributed by atoms with Crippen molar-refractivity contribution in [3.8, 4) is 0 Å². The number of carbonyl (C=O) groups excluding carboxylic acids is 1. The van der Waals surface area contributed by atoms with Gasteiger partial charge in [-0.1, -0.05) is 6.92 Å². The molecule has 0 atom stereocenters. The van der Waals surface area contributed by atoms with Gasteiger partial charge in [-0.25, -0.2) is 10.8 Å². The highest BCUT2D eigenvalue weighted by molar-refractivity contribution is 5.81. The molecule has 10 heteroatoms. The van der Waals surface area contributed by atoms with Crippen LogP contribution in [0.1, 0.15) is 13.3 Å². The topological polar surface area (TPSA) is 131 Å². The second kappa shape index (κ2) is 7.33. The fourth-order valence-corrected chi connectivity index (χ4v) is 1.63. The average molecular weight is 297 g/mol. The lowest BCUT2D eigenvalue weighted by molar-refractivity contribution is -0.384. The summed E-state index contributed by atoms with van der Waals surface area (Å²) in [6, 6.07) is 0. The third-order valence-corrected chi connectivity index (χ3v) is 2.69. The number of carbonyl (C=O) groups is 1. The van der Waals surface area contributed by atoms with Crippen LogP contribution in [0.15, 0.2) is 6.20 Å². The molecular weight excluding hydrogens is 278 g/mol. The van der Waals surface area contributed by atoms with Crippen LogP contribution in [0.25, 0.3) is 0 Å². The molecule has 0 saturated carbocycles. The van der Waals surface area contributed by atoms with Crippen molar-refractivity contribution in [3.05, 3.63) is 16.3 Å². The molecule has 1 heterocycles. The average Bonchev–Trinajstić information content (AvgIpc) is 2.45.